The van der Waals surface area contributed by atoms with Gasteiger partial charge >= 0.3 is 0 Å². The molecule has 2 aliphatic rings. The second-order valence-electron chi connectivity index (χ2n) is 6.72. The number of alkyl halides is 1. The van der Waals surface area contributed by atoms with E-state index in [2.05, 4.69) is 5.32 Å². The number of hydrogen-bond donors (Lipinski definition) is 2. The van der Waals surface area contributed by atoms with E-state index in [0.717, 1.165) is 24.4 Å². The Labute approximate surface area is 140 Å². The summed E-state index contributed by atoms with van der Waals surface area (Å²) in [6, 6.07) is -0.453. The Hall–Kier alpha value is -1.15. The van der Waals surface area contributed by atoms with Gasteiger partial charge < -0.3 is 20.5 Å². The monoisotopic (exact) mass is 344 g/mol. The summed E-state index contributed by atoms with van der Waals surface area (Å²) in [5.41, 5.74) is -0.505. The molecule has 2 heterocycles. The van der Waals surface area contributed by atoms with Crippen molar-refractivity contribution in [1.29, 1.82) is 5.41 Å². The minimum Gasteiger partial charge on any atom is -0.333 e. The SMILES string of the molecule is CC(C)(CC(=O)N1CCSC1)NCC(=O)N1C[C@@H](F)C[C@H]1C=N. The van der Waals surface area contributed by atoms with E-state index < -0.39 is 17.8 Å². The lowest BCUT2D eigenvalue weighted by Gasteiger charge is -2.29. The van der Waals surface area contributed by atoms with Gasteiger partial charge in [0.1, 0.15) is 6.17 Å². The lowest BCUT2D eigenvalue weighted by Crippen LogP contribution is -2.50. The largest absolute Gasteiger partial charge is 0.333 e. The number of thioether (sulfide) groups is 1. The second kappa shape index (κ2) is 7.61. The Morgan fingerprint density at radius 1 is 1.43 bits per heavy atom. The topological polar surface area (TPSA) is 76.5 Å². The molecule has 0 unspecified atom stereocenters. The van der Waals surface area contributed by atoms with E-state index in [4.69, 9.17) is 5.41 Å². The van der Waals surface area contributed by atoms with Crippen molar-refractivity contribution in [2.75, 3.05) is 31.3 Å². The highest BCUT2D eigenvalue weighted by Gasteiger charge is 2.35. The number of nitrogens with one attached hydrogen (secondary N) is 2. The first-order chi connectivity index (χ1) is 10.8. The molecule has 0 aromatic heterocycles. The van der Waals surface area contributed by atoms with Crippen molar-refractivity contribution < 1.29 is 14.0 Å². The van der Waals surface area contributed by atoms with Crippen molar-refractivity contribution in [1.82, 2.24) is 15.1 Å². The molecule has 0 aliphatic carbocycles. The van der Waals surface area contributed by atoms with Crippen LogP contribution in [0.15, 0.2) is 0 Å². The molecule has 2 atom stereocenters. The Balaban J connectivity index is 1.82. The molecular weight excluding hydrogens is 319 g/mol. The van der Waals surface area contributed by atoms with E-state index in [1.54, 1.807) is 11.8 Å². The van der Waals surface area contributed by atoms with Crippen molar-refractivity contribution in [3.05, 3.63) is 0 Å². The fourth-order valence-corrected chi connectivity index (χ4v) is 3.81. The molecule has 2 N–H and O–H groups in total. The first kappa shape index (κ1) is 18.2. The molecule has 8 heteroatoms. The third-order valence-electron chi connectivity index (χ3n) is 4.22. The zero-order valence-electron chi connectivity index (χ0n) is 13.7. The molecule has 130 valence electrons. The van der Waals surface area contributed by atoms with Gasteiger partial charge in [0.05, 0.1) is 25.0 Å². The number of carbonyl (C=O) groups excluding carboxylic acids is 2. The molecule has 0 aromatic carbocycles. The molecule has 0 radical (unpaired) electrons. The molecule has 2 fully saturated rings. The van der Waals surface area contributed by atoms with E-state index >= 15 is 0 Å². The Morgan fingerprint density at radius 2 is 2.17 bits per heavy atom. The predicted octanol–water partition coefficient (Wildman–Crippen LogP) is 0.866. The second-order valence-corrected chi connectivity index (χ2v) is 7.80. The number of likely N-dealkylation sites (tertiary alicyclic amines) is 1. The molecule has 2 amide bonds. The van der Waals surface area contributed by atoms with Gasteiger partial charge in [-0.25, -0.2) is 4.39 Å². The van der Waals surface area contributed by atoms with Gasteiger partial charge in [-0.2, -0.15) is 0 Å². The van der Waals surface area contributed by atoms with Crippen molar-refractivity contribution in [3.63, 3.8) is 0 Å². The lowest BCUT2D eigenvalue weighted by molar-refractivity contribution is -0.133. The summed E-state index contributed by atoms with van der Waals surface area (Å²) in [5, 5.41) is 10.4. The Bertz CT molecular complexity index is 468. The number of amides is 2. The number of rotatable bonds is 6. The summed E-state index contributed by atoms with van der Waals surface area (Å²) < 4.78 is 13.4. The molecule has 2 aliphatic heterocycles. The van der Waals surface area contributed by atoms with Gasteiger partial charge in [-0.05, 0) is 13.8 Å². The maximum Gasteiger partial charge on any atom is 0.237 e. The van der Waals surface area contributed by atoms with Crippen LogP contribution in [0.3, 0.4) is 0 Å². The van der Waals surface area contributed by atoms with Crippen LogP contribution in [0.5, 0.6) is 0 Å². The normalized spacial score (nSPS) is 25.0. The van der Waals surface area contributed by atoms with Crippen LogP contribution in [-0.4, -0.2) is 76.8 Å². The Kier molecular flexibility index (Phi) is 6.02. The maximum absolute atomic E-state index is 13.4. The first-order valence-electron chi connectivity index (χ1n) is 7.87. The Morgan fingerprint density at radius 3 is 2.78 bits per heavy atom. The summed E-state index contributed by atoms with van der Waals surface area (Å²) in [6.07, 6.45) is 0.578. The molecule has 0 aromatic rings. The van der Waals surface area contributed by atoms with Gasteiger partial charge in [-0.15, -0.1) is 11.8 Å². The molecule has 0 spiro atoms. The van der Waals surface area contributed by atoms with Crippen LogP contribution in [0.4, 0.5) is 4.39 Å². The van der Waals surface area contributed by atoms with Gasteiger partial charge in [0.15, 0.2) is 0 Å². The highest BCUT2D eigenvalue weighted by Crippen LogP contribution is 2.20. The number of halogens is 1. The molecule has 0 saturated carbocycles. The van der Waals surface area contributed by atoms with Gasteiger partial charge in [0, 0.05) is 36.9 Å². The summed E-state index contributed by atoms with van der Waals surface area (Å²) in [4.78, 5) is 27.7. The molecule has 0 bridgehead atoms. The van der Waals surface area contributed by atoms with Crippen LogP contribution in [0.2, 0.25) is 0 Å². The zero-order valence-corrected chi connectivity index (χ0v) is 14.5. The van der Waals surface area contributed by atoms with Gasteiger partial charge in [0.2, 0.25) is 11.8 Å². The summed E-state index contributed by atoms with van der Waals surface area (Å²) >= 11 is 1.74. The highest BCUT2D eigenvalue weighted by molar-refractivity contribution is 7.99. The van der Waals surface area contributed by atoms with E-state index in [-0.39, 0.29) is 31.3 Å². The highest BCUT2D eigenvalue weighted by atomic mass is 32.2. The van der Waals surface area contributed by atoms with Crippen LogP contribution in [-0.2, 0) is 9.59 Å². The lowest BCUT2D eigenvalue weighted by atomic mass is 9.99. The fraction of sp³-hybridized carbons (Fsp3) is 0.800. The average molecular weight is 344 g/mol. The summed E-state index contributed by atoms with van der Waals surface area (Å²) in [6.45, 7) is 4.65. The molecule has 23 heavy (non-hydrogen) atoms. The number of hydrogen-bond acceptors (Lipinski definition) is 5. The van der Waals surface area contributed by atoms with Gasteiger partial charge in [-0.1, -0.05) is 0 Å². The third-order valence-corrected chi connectivity index (χ3v) is 5.19. The molecule has 2 rings (SSSR count). The first-order valence-corrected chi connectivity index (χ1v) is 9.02. The molecular formula is C15H25FN4O2S. The standard InChI is InChI=1S/C15H25FN4O2S/c1-15(2,6-13(21)19-3-4-23-10-19)18-8-14(22)20-9-11(16)5-12(20)7-17/h7,11-12,17-18H,3-6,8-10H2,1-2H3/t11-,12-/m0/s1. The minimum absolute atomic E-state index is 0.0465. The van der Waals surface area contributed by atoms with E-state index in [0.29, 0.717) is 6.42 Å². The fourth-order valence-electron chi connectivity index (χ4n) is 2.84. The van der Waals surface area contributed by atoms with Crippen LogP contribution in [0.25, 0.3) is 0 Å². The van der Waals surface area contributed by atoms with Crippen LogP contribution in [0, 0.1) is 5.41 Å². The van der Waals surface area contributed by atoms with E-state index in [1.807, 2.05) is 18.7 Å². The van der Waals surface area contributed by atoms with E-state index in [9.17, 15) is 14.0 Å². The molecule has 6 nitrogen and oxygen atoms in total. The van der Waals surface area contributed by atoms with Crippen molar-refractivity contribution in [2.24, 2.45) is 0 Å². The van der Waals surface area contributed by atoms with Crippen molar-refractivity contribution >= 4 is 29.8 Å². The van der Waals surface area contributed by atoms with Gasteiger partial charge in [-0.3, -0.25) is 9.59 Å². The molecule has 2 saturated heterocycles. The average Bonchev–Trinajstić information content (AvgIpc) is 3.13. The van der Waals surface area contributed by atoms with Crippen LogP contribution < -0.4 is 5.32 Å². The minimum atomic E-state index is -1.06. The summed E-state index contributed by atoms with van der Waals surface area (Å²) in [7, 11) is 0. The van der Waals surface area contributed by atoms with E-state index in [1.165, 1.54) is 4.90 Å². The van der Waals surface area contributed by atoms with Crippen LogP contribution in [0.1, 0.15) is 26.7 Å². The number of carbonyl (C=O) groups is 2. The number of nitrogens with zero attached hydrogens (tertiary/aromatic N) is 2. The summed E-state index contributed by atoms with van der Waals surface area (Å²) in [5.74, 6) is 1.57. The maximum atomic E-state index is 13.4. The predicted molar refractivity (Wildman–Crippen MR) is 89.5 cm³/mol. The zero-order chi connectivity index (χ0) is 17.0. The smallest absolute Gasteiger partial charge is 0.237 e. The van der Waals surface area contributed by atoms with Gasteiger partial charge in [0.25, 0.3) is 0 Å². The van der Waals surface area contributed by atoms with Crippen molar-refractivity contribution in [2.45, 2.75) is 44.4 Å². The quantitative estimate of drug-likeness (QED) is 0.701. The van der Waals surface area contributed by atoms with Crippen LogP contribution >= 0.6 is 11.8 Å². The third kappa shape index (κ3) is 4.91. The van der Waals surface area contributed by atoms with Crippen molar-refractivity contribution in [3.8, 4) is 0 Å².